The molecule has 1 N–H and O–H groups in total. The van der Waals surface area contributed by atoms with Crippen LogP contribution in [0.3, 0.4) is 0 Å². The lowest BCUT2D eigenvalue weighted by Gasteiger charge is -2.12. The van der Waals surface area contributed by atoms with Gasteiger partial charge in [0.25, 0.3) is 5.69 Å². The molecule has 0 bridgehead atoms. The fourth-order valence-corrected chi connectivity index (χ4v) is 2.28. The van der Waals surface area contributed by atoms with Gasteiger partial charge in [-0.25, -0.2) is 4.98 Å². The molecular formula is C14H13N3O3. The van der Waals surface area contributed by atoms with E-state index in [4.69, 9.17) is 4.74 Å². The number of rotatable bonds is 3. The molecule has 1 aromatic carbocycles. The lowest BCUT2D eigenvalue weighted by molar-refractivity contribution is -0.385. The van der Waals surface area contributed by atoms with Crippen LogP contribution in [0.5, 0.6) is 5.75 Å². The highest BCUT2D eigenvalue weighted by Crippen LogP contribution is 2.34. The van der Waals surface area contributed by atoms with Crippen molar-refractivity contribution >= 4 is 11.5 Å². The van der Waals surface area contributed by atoms with Gasteiger partial charge in [-0.2, -0.15) is 0 Å². The van der Waals surface area contributed by atoms with Crippen molar-refractivity contribution in [3.05, 3.63) is 57.8 Å². The van der Waals surface area contributed by atoms with E-state index in [9.17, 15) is 10.1 Å². The molecule has 1 aliphatic rings. The van der Waals surface area contributed by atoms with E-state index in [1.807, 2.05) is 24.3 Å². The number of aromatic nitrogens is 1. The quantitative estimate of drug-likeness (QED) is 0.686. The average molecular weight is 271 g/mol. The maximum atomic E-state index is 10.8. The highest BCUT2D eigenvalue weighted by Gasteiger charge is 2.24. The fraction of sp³-hybridized carbons (Fsp3) is 0.214. The van der Waals surface area contributed by atoms with Crippen molar-refractivity contribution in [2.45, 2.75) is 13.0 Å². The van der Waals surface area contributed by atoms with E-state index in [1.54, 1.807) is 13.0 Å². The number of fused-ring (bicyclic) bond motifs is 1. The standard InChI is InChI=1S/C14H13N3O3/c1-9-6-14(15-7-12(9)17(18)19)16-11-8-20-13-5-3-2-4-10(11)13/h2-7,11H,8H2,1H3,(H,15,16). The molecule has 0 aliphatic carbocycles. The number of hydrogen-bond donors (Lipinski definition) is 1. The summed E-state index contributed by atoms with van der Waals surface area (Å²) >= 11 is 0. The van der Waals surface area contributed by atoms with Crippen LogP contribution in [0.15, 0.2) is 36.5 Å². The van der Waals surface area contributed by atoms with Crippen molar-refractivity contribution in [1.82, 2.24) is 4.98 Å². The first kappa shape index (κ1) is 12.4. The minimum Gasteiger partial charge on any atom is -0.491 e. The summed E-state index contributed by atoms with van der Waals surface area (Å²) in [6.45, 7) is 2.22. The fourth-order valence-electron chi connectivity index (χ4n) is 2.28. The molecule has 0 saturated carbocycles. The Bertz CT molecular complexity index is 672. The average Bonchev–Trinajstić information content (AvgIpc) is 2.82. The van der Waals surface area contributed by atoms with Crippen LogP contribution in [0.2, 0.25) is 0 Å². The van der Waals surface area contributed by atoms with Crippen LogP contribution < -0.4 is 10.1 Å². The zero-order chi connectivity index (χ0) is 14.1. The Kier molecular flexibility index (Phi) is 2.98. The van der Waals surface area contributed by atoms with Crippen molar-refractivity contribution in [2.75, 3.05) is 11.9 Å². The van der Waals surface area contributed by atoms with Crippen LogP contribution in [0.1, 0.15) is 17.2 Å². The summed E-state index contributed by atoms with van der Waals surface area (Å²) in [5.41, 5.74) is 1.68. The van der Waals surface area contributed by atoms with E-state index < -0.39 is 4.92 Å². The lowest BCUT2D eigenvalue weighted by Crippen LogP contribution is -2.13. The van der Waals surface area contributed by atoms with Gasteiger partial charge < -0.3 is 10.1 Å². The Morgan fingerprint density at radius 2 is 2.25 bits per heavy atom. The van der Waals surface area contributed by atoms with Crippen molar-refractivity contribution < 1.29 is 9.66 Å². The number of nitro groups is 1. The molecule has 1 atom stereocenters. The summed E-state index contributed by atoms with van der Waals surface area (Å²) in [5, 5.41) is 14.0. The molecule has 1 unspecified atom stereocenters. The highest BCUT2D eigenvalue weighted by molar-refractivity contribution is 5.50. The number of anilines is 1. The maximum absolute atomic E-state index is 10.8. The smallest absolute Gasteiger partial charge is 0.290 e. The van der Waals surface area contributed by atoms with Gasteiger partial charge in [-0.15, -0.1) is 0 Å². The number of para-hydroxylation sites is 1. The molecule has 6 nitrogen and oxygen atoms in total. The minimum atomic E-state index is -0.430. The molecule has 1 aromatic heterocycles. The number of ether oxygens (including phenoxy) is 1. The molecule has 0 saturated heterocycles. The van der Waals surface area contributed by atoms with Gasteiger partial charge in [0.1, 0.15) is 24.4 Å². The van der Waals surface area contributed by atoms with E-state index in [2.05, 4.69) is 10.3 Å². The van der Waals surface area contributed by atoms with Crippen LogP contribution in [-0.2, 0) is 0 Å². The normalized spacial score (nSPS) is 16.4. The van der Waals surface area contributed by atoms with Gasteiger partial charge in [-0.3, -0.25) is 10.1 Å². The van der Waals surface area contributed by atoms with Gasteiger partial charge in [0.05, 0.1) is 11.0 Å². The Balaban J connectivity index is 1.83. The topological polar surface area (TPSA) is 77.3 Å². The SMILES string of the molecule is Cc1cc(NC2COc3ccccc32)ncc1[N+](=O)[O-]. The van der Waals surface area contributed by atoms with Crippen molar-refractivity contribution in [3.8, 4) is 5.75 Å². The lowest BCUT2D eigenvalue weighted by atomic mass is 10.1. The predicted molar refractivity (Wildman–Crippen MR) is 73.9 cm³/mol. The van der Waals surface area contributed by atoms with Gasteiger partial charge in [0.15, 0.2) is 0 Å². The molecule has 0 fully saturated rings. The second kappa shape index (κ2) is 4.80. The van der Waals surface area contributed by atoms with E-state index in [-0.39, 0.29) is 11.7 Å². The number of nitrogens with one attached hydrogen (secondary N) is 1. The first-order valence-corrected chi connectivity index (χ1v) is 6.24. The monoisotopic (exact) mass is 271 g/mol. The molecule has 2 aromatic rings. The summed E-state index contributed by atoms with van der Waals surface area (Å²) in [6, 6.07) is 9.49. The summed E-state index contributed by atoms with van der Waals surface area (Å²) < 4.78 is 5.58. The maximum Gasteiger partial charge on any atom is 0.290 e. The van der Waals surface area contributed by atoms with E-state index in [0.29, 0.717) is 18.0 Å². The number of aryl methyl sites for hydroxylation is 1. The molecule has 0 radical (unpaired) electrons. The molecule has 0 amide bonds. The molecule has 1 aliphatic heterocycles. The van der Waals surface area contributed by atoms with E-state index in [0.717, 1.165) is 11.3 Å². The van der Waals surface area contributed by atoms with E-state index >= 15 is 0 Å². The number of hydrogen-bond acceptors (Lipinski definition) is 5. The zero-order valence-corrected chi connectivity index (χ0v) is 10.9. The van der Waals surface area contributed by atoms with Crippen molar-refractivity contribution in [3.63, 3.8) is 0 Å². The molecule has 102 valence electrons. The van der Waals surface area contributed by atoms with Crippen molar-refractivity contribution in [2.24, 2.45) is 0 Å². The van der Waals surface area contributed by atoms with Crippen LogP contribution >= 0.6 is 0 Å². The predicted octanol–water partition coefficient (Wildman–Crippen LogP) is 2.84. The Morgan fingerprint density at radius 1 is 1.45 bits per heavy atom. The number of benzene rings is 1. The Labute approximate surface area is 115 Å². The van der Waals surface area contributed by atoms with Gasteiger partial charge in [-0.05, 0) is 19.1 Å². The van der Waals surface area contributed by atoms with Gasteiger partial charge in [0.2, 0.25) is 0 Å². The Morgan fingerprint density at radius 3 is 3.00 bits per heavy atom. The van der Waals surface area contributed by atoms with E-state index in [1.165, 1.54) is 6.20 Å². The second-order valence-corrected chi connectivity index (χ2v) is 4.66. The van der Waals surface area contributed by atoms with Crippen LogP contribution in [-0.4, -0.2) is 16.5 Å². The molecule has 20 heavy (non-hydrogen) atoms. The summed E-state index contributed by atoms with van der Waals surface area (Å²) in [6.07, 6.45) is 1.28. The summed E-state index contributed by atoms with van der Waals surface area (Å²) in [7, 11) is 0. The largest absolute Gasteiger partial charge is 0.491 e. The highest BCUT2D eigenvalue weighted by atomic mass is 16.6. The molecule has 0 spiro atoms. The third-order valence-electron chi connectivity index (χ3n) is 3.30. The second-order valence-electron chi connectivity index (χ2n) is 4.66. The number of nitrogens with zero attached hydrogens (tertiary/aromatic N) is 2. The third-order valence-corrected chi connectivity index (χ3v) is 3.30. The molecule has 3 rings (SSSR count). The zero-order valence-electron chi connectivity index (χ0n) is 10.9. The third kappa shape index (κ3) is 2.16. The summed E-state index contributed by atoms with van der Waals surface area (Å²) in [4.78, 5) is 14.4. The van der Waals surface area contributed by atoms with Gasteiger partial charge in [-0.1, -0.05) is 18.2 Å². The molecule has 6 heteroatoms. The van der Waals surface area contributed by atoms with Crippen LogP contribution in [0, 0.1) is 17.0 Å². The van der Waals surface area contributed by atoms with Crippen LogP contribution in [0.4, 0.5) is 11.5 Å². The summed E-state index contributed by atoms with van der Waals surface area (Å²) in [5.74, 6) is 1.47. The van der Waals surface area contributed by atoms with Crippen molar-refractivity contribution in [1.29, 1.82) is 0 Å². The van der Waals surface area contributed by atoms with Crippen LogP contribution in [0.25, 0.3) is 0 Å². The molecular weight excluding hydrogens is 258 g/mol. The van der Waals surface area contributed by atoms with Gasteiger partial charge in [0, 0.05) is 11.1 Å². The number of pyridine rings is 1. The van der Waals surface area contributed by atoms with Gasteiger partial charge >= 0.3 is 0 Å². The first-order valence-electron chi connectivity index (χ1n) is 6.24. The Hall–Kier alpha value is -2.63. The molecule has 2 heterocycles. The minimum absolute atomic E-state index is 0.0135. The first-order chi connectivity index (χ1) is 9.65.